The number of hydrogen-bond donors (Lipinski definition) is 6. The van der Waals surface area contributed by atoms with Crippen LogP contribution in [0.25, 0.3) is 11.2 Å². The number of para-hydroxylation sites is 1. The number of carbonyl (C=O) groups excluding carboxylic acids is 1. The molecule has 5 aromatic rings. The number of carbonyl (C=O) groups is 2. The van der Waals surface area contributed by atoms with Crippen LogP contribution in [0, 0.1) is 6.92 Å². The first-order valence-electron chi connectivity index (χ1n) is 26.8. The number of fused-ring (bicyclic) bond motifs is 3. The van der Waals surface area contributed by atoms with Crippen molar-refractivity contribution in [1.29, 1.82) is 0 Å². The minimum Gasteiger partial charge on any atom is -0.480 e. The van der Waals surface area contributed by atoms with Gasteiger partial charge in [0.15, 0.2) is 16.9 Å². The van der Waals surface area contributed by atoms with Crippen LogP contribution in [0.2, 0.25) is 0 Å². The zero-order chi connectivity index (χ0) is 54.8. The average Bonchev–Trinajstić information content (AvgIpc) is 3.98. The number of aromatic nitrogens is 4. The molecule has 1 saturated heterocycles. The Morgan fingerprint density at radius 1 is 0.948 bits per heavy atom. The third kappa shape index (κ3) is 11.6. The fourth-order valence-corrected chi connectivity index (χ4v) is 12.1. The number of H-pyrrole nitrogens is 1. The molecule has 7 N–H and O–H groups in total. The monoisotopic (exact) mass is 1060 g/mol. The minimum absolute atomic E-state index is 0.0478. The summed E-state index contributed by atoms with van der Waals surface area (Å²) >= 11 is 0. The lowest BCUT2D eigenvalue weighted by Gasteiger charge is -2.28. The van der Waals surface area contributed by atoms with Gasteiger partial charge in [0, 0.05) is 83.4 Å². The molecule has 4 aliphatic rings. The van der Waals surface area contributed by atoms with E-state index < -0.39 is 45.1 Å². The molecule has 9 rings (SSSR count). The van der Waals surface area contributed by atoms with Crippen LogP contribution in [-0.2, 0) is 32.3 Å². The highest BCUT2D eigenvalue weighted by molar-refractivity contribution is 7.85. The van der Waals surface area contributed by atoms with Crippen molar-refractivity contribution in [2.45, 2.75) is 129 Å². The highest BCUT2D eigenvalue weighted by Crippen LogP contribution is 2.48. The second kappa shape index (κ2) is 22.3. The van der Waals surface area contributed by atoms with Gasteiger partial charge in [-0.15, -0.1) is 0 Å². The number of nitrogens with zero attached hydrogens (tertiary/aromatic N) is 6. The van der Waals surface area contributed by atoms with E-state index in [1.54, 1.807) is 24.3 Å². The number of nitrogens with one attached hydrogen (secondary N) is 3. The standard InChI is InChI=1S/C59H70N10O7S/c1-7-8-11-29-67-46-18-10-9-17-44(46)58(3,4)49(67)27-22-38-15-14-16-39(23-28-50-59(5,6)45-32-37(2)19-26-47(45)68(50)30-12-13-31-77(74,75)76)51(38)63-42-33-48(56(72)73)69(36-42)55(71)40-20-24-41(25-21-40)61-34-43-35-62-53-52(64-43)54(70)66-57(60)65-53/h9-10,17-28,32,35,42,48H,7-8,11-16,29-31,33-34,36H2,1-6H3,(H6,60,61,62,65,66,70,71,72,73,74,75,76)/p+1/b38-22+,49-27+/t42?,48-/m0/s1. The number of anilines is 3. The lowest BCUT2D eigenvalue weighted by Crippen LogP contribution is -2.41. The number of nitrogens with two attached hydrogens (primary N) is 1. The van der Waals surface area contributed by atoms with Crippen molar-refractivity contribution in [2.24, 2.45) is 0 Å². The van der Waals surface area contributed by atoms with E-state index in [0.29, 0.717) is 36.3 Å². The summed E-state index contributed by atoms with van der Waals surface area (Å²) < 4.78 is 35.1. The maximum atomic E-state index is 14.4. The van der Waals surface area contributed by atoms with E-state index in [1.165, 1.54) is 33.6 Å². The molecule has 1 unspecified atom stereocenters. The van der Waals surface area contributed by atoms with Crippen molar-refractivity contribution in [1.82, 2.24) is 30.2 Å². The van der Waals surface area contributed by atoms with Gasteiger partial charge in [0.25, 0.3) is 21.6 Å². The molecule has 0 bridgehead atoms. The number of allylic oxidation sites excluding steroid dienone is 7. The summed E-state index contributed by atoms with van der Waals surface area (Å²) in [4.78, 5) is 58.9. The summed E-state index contributed by atoms with van der Waals surface area (Å²) in [7, 11) is -4.09. The summed E-state index contributed by atoms with van der Waals surface area (Å²) in [5.41, 5.74) is 17.5. The number of carboxylic acids is 1. The Hall–Kier alpha value is -7.44. The first-order chi connectivity index (χ1) is 36.7. The van der Waals surface area contributed by atoms with Gasteiger partial charge in [0.05, 0.1) is 29.6 Å². The third-order valence-electron chi connectivity index (χ3n) is 15.6. The zero-order valence-electron chi connectivity index (χ0n) is 44.9. The number of likely N-dealkylation sites (tertiary alicyclic amines) is 1. The van der Waals surface area contributed by atoms with Gasteiger partial charge in [0.2, 0.25) is 11.6 Å². The molecular weight excluding hydrogens is 993 g/mol. The lowest BCUT2D eigenvalue weighted by atomic mass is 9.80. The van der Waals surface area contributed by atoms with E-state index >= 15 is 0 Å². The van der Waals surface area contributed by atoms with E-state index in [9.17, 15) is 32.5 Å². The Kier molecular flexibility index (Phi) is 15.7. The summed E-state index contributed by atoms with van der Waals surface area (Å²) in [5, 5.41) is 17.8. The largest absolute Gasteiger partial charge is 0.480 e. The second-order valence-corrected chi connectivity index (χ2v) is 23.4. The number of aliphatic carboxylic acids is 1. The van der Waals surface area contributed by atoms with E-state index in [1.807, 2.05) is 0 Å². The smallest absolute Gasteiger partial charge is 0.326 e. The topological polar surface area (TPSA) is 240 Å². The zero-order valence-corrected chi connectivity index (χ0v) is 45.7. The molecular formula is C59H71N10O7S+. The van der Waals surface area contributed by atoms with Crippen molar-refractivity contribution >= 4 is 61.9 Å². The SMILES string of the molecule is CCCCCN1/C(=C/C=C2\CCCC(/C=C/C3=[N+](CCCCS(=O)(=O)O)c4ccc(C)cc4C3(C)C)=C2NC2C[C@@H](C(=O)O)N(C(=O)c3ccc(NCc4cnc5nc(N)[nH]c(=O)c5n4)cc3)C2)C(C)(C)c2ccccc21. The molecule has 2 aromatic heterocycles. The lowest BCUT2D eigenvalue weighted by molar-refractivity contribution is -0.438. The quantitative estimate of drug-likeness (QED) is 0.0257. The Labute approximate surface area is 450 Å². The molecule has 0 saturated carbocycles. The molecule has 2 atom stereocenters. The molecule has 1 amide bonds. The van der Waals surface area contributed by atoms with Gasteiger partial charge in [-0.2, -0.15) is 18.0 Å². The number of rotatable bonds is 19. The first kappa shape index (κ1) is 54.4. The van der Waals surface area contributed by atoms with Gasteiger partial charge in [-0.3, -0.25) is 19.1 Å². The van der Waals surface area contributed by atoms with Crippen LogP contribution in [0.4, 0.5) is 23.0 Å². The summed E-state index contributed by atoms with van der Waals surface area (Å²) in [5.74, 6) is -1.82. The van der Waals surface area contributed by atoms with Crippen LogP contribution in [0.1, 0.15) is 125 Å². The van der Waals surface area contributed by atoms with Crippen LogP contribution in [0.15, 0.2) is 125 Å². The van der Waals surface area contributed by atoms with Crippen LogP contribution in [0.3, 0.4) is 0 Å². The normalized spacial score (nSPS) is 20.0. The molecule has 404 valence electrons. The predicted molar refractivity (Wildman–Crippen MR) is 302 cm³/mol. The maximum Gasteiger partial charge on any atom is 0.326 e. The number of carboxylic acid groups (broad SMARTS) is 1. The van der Waals surface area contributed by atoms with E-state index in [0.717, 1.165) is 78.9 Å². The van der Waals surface area contributed by atoms with Gasteiger partial charge in [-0.25, -0.2) is 14.8 Å². The van der Waals surface area contributed by atoms with Crippen molar-refractivity contribution in [3.8, 4) is 0 Å². The maximum absolute atomic E-state index is 14.4. The summed E-state index contributed by atoms with van der Waals surface area (Å²) in [6.45, 7) is 15.2. The van der Waals surface area contributed by atoms with Crippen LogP contribution in [0.5, 0.6) is 0 Å². The highest BCUT2D eigenvalue weighted by Gasteiger charge is 2.45. The van der Waals surface area contributed by atoms with Crippen LogP contribution < -0.4 is 26.8 Å². The van der Waals surface area contributed by atoms with E-state index in [2.05, 4.69) is 148 Å². The fourth-order valence-electron chi connectivity index (χ4n) is 11.5. The van der Waals surface area contributed by atoms with Gasteiger partial charge in [-0.1, -0.05) is 75.6 Å². The predicted octanol–water partition coefficient (Wildman–Crippen LogP) is 9.01. The van der Waals surface area contributed by atoms with E-state index in [4.69, 9.17) is 5.73 Å². The van der Waals surface area contributed by atoms with Gasteiger partial charge < -0.3 is 31.3 Å². The second-order valence-electron chi connectivity index (χ2n) is 21.8. The first-order valence-corrected chi connectivity index (χ1v) is 28.4. The molecule has 3 aromatic carbocycles. The molecule has 0 spiro atoms. The Morgan fingerprint density at radius 2 is 1.73 bits per heavy atom. The van der Waals surface area contributed by atoms with Crippen LogP contribution >= 0.6 is 0 Å². The van der Waals surface area contributed by atoms with Gasteiger partial charge in [-0.05, 0) is 112 Å². The Bertz CT molecular complexity index is 3450. The van der Waals surface area contributed by atoms with Crippen molar-refractivity contribution in [2.75, 3.05) is 41.3 Å². The number of nitrogen functional groups attached to an aromatic ring is 1. The molecule has 5 heterocycles. The molecule has 77 heavy (non-hydrogen) atoms. The summed E-state index contributed by atoms with van der Waals surface area (Å²) in [6, 6.07) is 20.5. The number of unbranched alkanes of at least 4 members (excludes halogenated alkanes) is 3. The molecule has 17 nitrogen and oxygen atoms in total. The molecule has 0 radical (unpaired) electrons. The van der Waals surface area contributed by atoms with Gasteiger partial charge in [0.1, 0.15) is 12.6 Å². The number of benzene rings is 3. The van der Waals surface area contributed by atoms with Crippen molar-refractivity contribution in [3.05, 3.63) is 158 Å². The highest BCUT2D eigenvalue weighted by atomic mass is 32.2. The third-order valence-corrected chi connectivity index (χ3v) is 16.4. The molecule has 3 aliphatic heterocycles. The van der Waals surface area contributed by atoms with Crippen molar-refractivity contribution < 1.29 is 32.2 Å². The Morgan fingerprint density at radius 3 is 2.48 bits per heavy atom. The number of hydrogen-bond acceptors (Lipinski definition) is 12. The van der Waals surface area contributed by atoms with Crippen molar-refractivity contribution in [3.63, 3.8) is 0 Å². The average molecular weight is 1060 g/mol. The Balaban J connectivity index is 1.03. The molecule has 18 heteroatoms. The molecule has 1 fully saturated rings. The number of amides is 1. The van der Waals surface area contributed by atoms with Crippen LogP contribution in [-0.4, -0.2) is 103 Å². The summed E-state index contributed by atoms with van der Waals surface area (Å²) in [6.07, 6.45) is 17.2. The van der Waals surface area contributed by atoms with Gasteiger partial charge >= 0.3 is 5.97 Å². The fraction of sp³-hybridized carbons (Fsp3) is 0.407. The molecule has 1 aliphatic carbocycles. The number of aromatic amines is 1. The minimum atomic E-state index is -4.09. The number of aryl methyl sites for hydroxylation is 1. The van der Waals surface area contributed by atoms with E-state index in [-0.39, 0.29) is 47.8 Å².